The van der Waals surface area contributed by atoms with Crippen LogP contribution in [0.1, 0.15) is 36.1 Å². The van der Waals surface area contributed by atoms with Crippen molar-refractivity contribution in [1.29, 1.82) is 0 Å². The Kier molecular flexibility index (Phi) is 5.84. The van der Waals surface area contributed by atoms with Crippen molar-refractivity contribution in [3.63, 3.8) is 0 Å². The van der Waals surface area contributed by atoms with Gasteiger partial charge in [0, 0.05) is 19.3 Å². The molecule has 0 fully saturated rings. The molecule has 0 atom stereocenters. The Morgan fingerprint density at radius 3 is 1.86 bits per heavy atom. The summed E-state index contributed by atoms with van der Waals surface area (Å²) in [5, 5.41) is 0. The number of allylic oxidation sites excluding steroid dienone is 2. The average Bonchev–Trinajstić information content (AvgIpc) is 2.74. The first-order valence-electron chi connectivity index (χ1n) is 9.69. The van der Waals surface area contributed by atoms with E-state index in [1.807, 2.05) is 6.92 Å². The first kappa shape index (κ1) is 19.7. The van der Waals surface area contributed by atoms with Crippen molar-refractivity contribution in [2.45, 2.75) is 25.8 Å². The van der Waals surface area contributed by atoms with Crippen LogP contribution in [0.4, 0.5) is 0 Å². The van der Waals surface area contributed by atoms with Gasteiger partial charge >= 0.3 is 0 Å². The molecule has 28 heavy (non-hydrogen) atoms. The normalized spacial score (nSPS) is 11.1. The molecule has 0 N–H and O–H groups in total. The highest BCUT2D eigenvalue weighted by molar-refractivity contribution is 5.61. The summed E-state index contributed by atoms with van der Waals surface area (Å²) in [7, 11) is 2.12. The Hall–Kier alpha value is -3.06. The second-order valence-corrected chi connectivity index (χ2v) is 7.64. The quantitative estimate of drug-likeness (QED) is 0.451. The summed E-state index contributed by atoms with van der Waals surface area (Å²) in [6.45, 7) is 13.7. The topological polar surface area (TPSA) is 3.24 Å². The summed E-state index contributed by atoms with van der Waals surface area (Å²) in [5.41, 5.74) is 6.79. The van der Waals surface area contributed by atoms with Crippen molar-refractivity contribution >= 4 is 5.57 Å². The zero-order valence-corrected chi connectivity index (χ0v) is 17.2. The van der Waals surface area contributed by atoms with Gasteiger partial charge < -0.3 is 4.90 Å². The van der Waals surface area contributed by atoms with Crippen LogP contribution in [0.25, 0.3) is 5.57 Å². The molecule has 0 amide bonds. The standard InChI is InChI=1S/C27H29N/c1-21(2)24-14-12-13-23(19-24)20-28(5)22(3)27(4,25-15-8-6-9-16-25)26-17-10-7-11-18-26/h6-19H,1,3,20H2,2,4-5H3. The molecule has 0 bridgehead atoms. The molecule has 0 unspecified atom stereocenters. The van der Waals surface area contributed by atoms with Crippen molar-refractivity contribution in [3.05, 3.63) is 126 Å². The molecular weight excluding hydrogens is 338 g/mol. The van der Waals surface area contributed by atoms with Gasteiger partial charge in [0.15, 0.2) is 0 Å². The van der Waals surface area contributed by atoms with Crippen molar-refractivity contribution in [2.24, 2.45) is 0 Å². The Morgan fingerprint density at radius 2 is 1.36 bits per heavy atom. The molecule has 0 radical (unpaired) electrons. The Bertz CT molecular complexity index is 914. The van der Waals surface area contributed by atoms with Crippen LogP contribution in [-0.4, -0.2) is 11.9 Å². The maximum atomic E-state index is 4.54. The van der Waals surface area contributed by atoms with Crippen molar-refractivity contribution < 1.29 is 0 Å². The number of likely N-dealkylation sites (N-methyl/N-ethyl adjacent to an activating group) is 1. The van der Waals surface area contributed by atoms with Crippen LogP contribution in [0, 0.1) is 0 Å². The Balaban J connectivity index is 1.96. The van der Waals surface area contributed by atoms with Crippen LogP contribution < -0.4 is 0 Å². The smallest absolute Gasteiger partial charge is 0.0566 e. The molecule has 142 valence electrons. The fourth-order valence-corrected chi connectivity index (χ4v) is 3.73. The van der Waals surface area contributed by atoms with Crippen LogP contribution in [0.15, 0.2) is 104 Å². The third-order valence-electron chi connectivity index (χ3n) is 5.58. The minimum absolute atomic E-state index is 0.302. The molecule has 0 saturated heterocycles. The first-order valence-corrected chi connectivity index (χ1v) is 9.69. The van der Waals surface area contributed by atoms with Crippen molar-refractivity contribution in [1.82, 2.24) is 4.90 Å². The zero-order valence-electron chi connectivity index (χ0n) is 17.2. The van der Waals surface area contributed by atoms with E-state index in [0.717, 1.165) is 17.8 Å². The summed E-state index contributed by atoms with van der Waals surface area (Å²) in [4.78, 5) is 2.26. The van der Waals surface area contributed by atoms with E-state index in [0.29, 0.717) is 0 Å². The molecular formula is C27H29N. The minimum atomic E-state index is -0.302. The molecule has 0 heterocycles. The summed E-state index contributed by atoms with van der Waals surface area (Å²) in [5.74, 6) is 0. The van der Waals surface area contributed by atoms with Gasteiger partial charge in [-0.2, -0.15) is 0 Å². The molecule has 0 aliphatic carbocycles. The molecule has 3 rings (SSSR count). The lowest BCUT2D eigenvalue weighted by atomic mass is 9.73. The van der Waals surface area contributed by atoms with E-state index < -0.39 is 0 Å². The molecule has 1 heteroatoms. The lowest BCUT2D eigenvalue weighted by Gasteiger charge is -2.38. The summed E-state index contributed by atoms with van der Waals surface area (Å²) >= 11 is 0. The van der Waals surface area contributed by atoms with E-state index >= 15 is 0 Å². The third-order valence-corrected chi connectivity index (χ3v) is 5.58. The second kappa shape index (κ2) is 8.31. The molecule has 0 aliphatic heterocycles. The highest BCUT2D eigenvalue weighted by Gasteiger charge is 2.34. The van der Waals surface area contributed by atoms with Crippen LogP contribution in [-0.2, 0) is 12.0 Å². The highest BCUT2D eigenvalue weighted by Crippen LogP contribution is 2.39. The van der Waals surface area contributed by atoms with Crippen molar-refractivity contribution in [2.75, 3.05) is 7.05 Å². The van der Waals surface area contributed by atoms with E-state index in [4.69, 9.17) is 0 Å². The third kappa shape index (κ3) is 3.94. The maximum Gasteiger partial charge on any atom is 0.0566 e. The van der Waals surface area contributed by atoms with Crippen LogP contribution in [0.5, 0.6) is 0 Å². The van der Waals surface area contributed by atoms with Crippen LogP contribution >= 0.6 is 0 Å². The highest BCUT2D eigenvalue weighted by atomic mass is 15.1. The summed E-state index contributed by atoms with van der Waals surface area (Å²) in [6.07, 6.45) is 0. The van der Waals surface area contributed by atoms with Gasteiger partial charge in [-0.15, -0.1) is 0 Å². The number of hydrogen-bond donors (Lipinski definition) is 0. The second-order valence-electron chi connectivity index (χ2n) is 7.64. The molecule has 0 spiro atoms. The zero-order chi connectivity index (χ0) is 20.1. The molecule has 3 aromatic carbocycles. The minimum Gasteiger partial charge on any atom is -0.373 e. The SMILES string of the molecule is C=C(C)c1cccc(CN(C)C(=C)C(C)(c2ccccc2)c2ccccc2)c1. The van der Waals surface area contributed by atoms with E-state index in [1.54, 1.807) is 0 Å². The Labute approximate surface area is 169 Å². The predicted octanol–water partition coefficient (Wildman–Crippen LogP) is 6.67. The lowest BCUT2D eigenvalue weighted by Crippen LogP contribution is -2.34. The lowest BCUT2D eigenvalue weighted by molar-refractivity contribution is 0.356. The molecule has 0 aliphatic rings. The van der Waals surface area contributed by atoms with Crippen LogP contribution in [0.3, 0.4) is 0 Å². The van der Waals surface area contributed by atoms with E-state index in [2.05, 4.69) is 117 Å². The molecule has 1 nitrogen and oxygen atoms in total. The predicted molar refractivity (Wildman–Crippen MR) is 121 cm³/mol. The average molecular weight is 368 g/mol. The maximum absolute atomic E-state index is 4.54. The van der Waals surface area contributed by atoms with Gasteiger partial charge in [0.25, 0.3) is 0 Å². The number of nitrogens with zero attached hydrogens (tertiary/aromatic N) is 1. The van der Waals surface area contributed by atoms with E-state index in [1.165, 1.54) is 22.3 Å². The fourth-order valence-electron chi connectivity index (χ4n) is 3.73. The fraction of sp³-hybridized carbons (Fsp3) is 0.185. The number of rotatable bonds is 7. The van der Waals surface area contributed by atoms with Gasteiger partial charge in [-0.3, -0.25) is 0 Å². The van der Waals surface area contributed by atoms with E-state index in [9.17, 15) is 0 Å². The Morgan fingerprint density at radius 1 is 0.821 bits per heavy atom. The number of benzene rings is 3. The van der Waals surface area contributed by atoms with E-state index in [-0.39, 0.29) is 5.41 Å². The van der Waals surface area contributed by atoms with Gasteiger partial charge in [0.05, 0.1) is 5.41 Å². The summed E-state index contributed by atoms with van der Waals surface area (Å²) < 4.78 is 0. The van der Waals surface area contributed by atoms with Gasteiger partial charge in [-0.25, -0.2) is 0 Å². The molecule has 0 saturated carbocycles. The molecule has 3 aromatic rings. The van der Waals surface area contributed by atoms with Crippen LogP contribution in [0.2, 0.25) is 0 Å². The monoisotopic (exact) mass is 367 g/mol. The first-order chi connectivity index (χ1) is 13.4. The van der Waals surface area contributed by atoms with Gasteiger partial charge in [0.2, 0.25) is 0 Å². The van der Waals surface area contributed by atoms with Crippen molar-refractivity contribution in [3.8, 4) is 0 Å². The summed E-state index contributed by atoms with van der Waals surface area (Å²) in [6, 6.07) is 29.9. The van der Waals surface area contributed by atoms with Gasteiger partial charge in [-0.05, 0) is 42.2 Å². The number of hydrogen-bond acceptors (Lipinski definition) is 1. The largest absolute Gasteiger partial charge is 0.373 e. The van der Waals surface area contributed by atoms with Gasteiger partial charge in [0.1, 0.15) is 0 Å². The molecule has 0 aromatic heterocycles. The van der Waals surface area contributed by atoms with Gasteiger partial charge in [-0.1, -0.05) is 97.6 Å².